The van der Waals surface area contributed by atoms with Gasteiger partial charge in [0.15, 0.2) is 0 Å². The monoisotopic (exact) mass is 283 g/mol. The highest BCUT2D eigenvalue weighted by Crippen LogP contribution is 2.21. The summed E-state index contributed by atoms with van der Waals surface area (Å²) in [7, 11) is 0. The number of halogens is 1. The standard InChI is InChI=1S/C11H10BrNO3/c1-2-3-10(14)13-9-6-7(12)4-5-8(9)11(15)16/h2,4-6H,1,3H2,(H,13,14)(H,15,16). The van der Waals surface area contributed by atoms with Crippen LogP contribution in [0.5, 0.6) is 0 Å². The van der Waals surface area contributed by atoms with Crippen LogP contribution in [0.3, 0.4) is 0 Å². The number of carbonyl (C=O) groups excluding carboxylic acids is 1. The third-order valence-electron chi connectivity index (χ3n) is 1.82. The number of carbonyl (C=O) groups is 2. The summed E-state index contributed by atoms with van der Waals surface area (Å²) >= 11 is 3.21. The maximum absolute atomic E-state index is 11.3. The highest BCUT2D eigenvalue weighted by molar-refractivity contribution is 9.10. The highest BCUT2D eigenvalue weighted by Gasteiger charge is 2.11. The minimum atomic E-state index is -1.08. The third-order valence-corrected chi connectivity index (χ3v) is 2.31. The van der Waals surface area contributed by atoms with Crippen molar-refractivity contribution in [1.29, 1.82) is 0 Å². The van der Waals surface area contributed by atoms with Crippen LogP contribution < -0.4 is 5.32 Å². The van der Waals surface area contributed by atoms with Gasteiger partial charge in [-0.2, -0.15) is 0 Å². The average molecular weight is 284 g/mol. The summed E-state index contributed by atoms with van der Waals surface area (Å²) in [5.74, 6) is -1.38. The molecule has 4 nitrogen and oxygen atoms in total. The summed E-state index contributed by atoms with van der Waals surface area (Å²) in [6.45, 7) is 3.43. The Morgan fingerprint density at radius 3 is 2.75 bits per heavy atom. The van der Waals surface area contributed by atoms with Crippen molar-refractivity contribution in [2.45, 2.75) is 6.42 Å². The van der Waals surface area contributed by atoms with Crippen molar-refractivity contribution in [1.82, 2.24) is 0 Å². The topological polar surface area (TPSA) is 66.4 Å². The Kier molecular flexibility index (Phi) is 4.25. The molecule has 1 amide bonds. The molecule has 0 bridgehead atoms. The van der Waals surface area contributed by atoms with Gasteiger partial charge in [-0.05, 0) is 18.2 Å². The zero-order valence-corrected chi connectivity index (χ0v) is 9.95. The summed E-state index contributed by atoms with van der Waals surface area (Å²) in [6.07, 6.45) is 1.60. The molecular weight excluding hydrogens is 274 g/mol. The lowest BCUT2D eigenvalue weighted by Gasteiger charge is -2.07. The van der Waals surface area contributed by atoms with Crippen molar-refractivity contribution >= 4 is 33.5 Å². The molecule has 0 saturated carbocycles. The van der Waals surface area contributed by atoms with Gasteiger partial charge in [-0.3, -0.25) is 4.79 Å². The summed E-state index contributed by atoms with van der Waals surface area (Å²) in [6, 6.07) is 4.58. The minimum Gasteiger partial charge on any atom is -0.478 e. The molecule has 5 heteroatoms. The number of hydrogen-bond donors (Lipinski definition) is 2. The van der Waals surface area contributed by atoms with Crippen LogP contribution in [0.15, 0.2) is 35.3 Å². The van der Waals surface area contributed by atoms with Gasteiger partial charge in [-0.15, -0.1) is 6.58 Å². The van der Waals surface area contributed by atoms with Crippen molar-refractivity contribution in [3.8, 4) is 0 Å². The maximum atomic E-state index is 11.3. The van der Waals surface area contributed by atoms with E-state index in [0.717, 1.165) is 0 Å². The molecule has 0 atom stereocenters. The first kappa shape index (κ1) is 12.4. The first-order valence-corrected chi connectivity index (χ1v) is 5.27. The molecule has 0 spiro atoms. The molecule has 16 heavy (non-hydrogen) atoms. The predicted molar refractivity (Wildman–Crippen MR) is 64.5 cm³/mol. The second-order valence-corrected chi connectivity index (χ2v) is 3.95. The first-order valence-electron chi connectivity index (χ1n) is 4.48. The Hall–Kier alpha value is -1.62. The van der Waals surface area contributed by atoms with Crippen molar-refractivity contribution in [3.05, 3.63) is 40.9 Å². The Labute approximate surface area is 101 Å². The Bertz CT molecular complexity index is 443. The number of anilines is 1. The molecule has 1 aromatic rings. The molecule has 2 N–H and O–H groups in total. The number of carboxylic acids is 1. The molecular formula is C11H10BrNO3. The molecule has 0 aliphatic heterocycles. The van der Waals surface area contributed by atoms with Gasteiger partial charge in [0.2, 0.25) is 5.91 Å². The zero-order valence-electron chi connectivity index (χ0n) is 8.37. The minimum absolute atomic E-state index is 0.0561. The Morgan fingerprint density at radius 2 is 2.19 bits per heavy atom. The van der Waals surface area contributed by atoms with Gasteiger partial charge in [0.1, 0.15) is 0 Å². The van der Waals surface area contributed by atoms with Crippen LogP contribution in [-0.2, 0) is 4.79 Å². The molecule has 0 radical (unpaired) electrons. The van der Waals surface area contributed by atoms with E-state index in [-0.39, 0.29) is 23.6 Å². The summed E-state index contributed by atoms with van der Waals surface area (Å²) in [5, 5.41) is 11.4. The number of aromatic carboxylic acids is 1. The molecule has 1 aromatic carbocycles. The Balaban J connectivity index is 3.00. The molecule has 0 heterocycles. The van der Waals surface area contributed by atoms with Gasteiger partial charge >= 0.3 is 5.97 Å². The lowest BCUT2D eigenvalue weighted by Crippen LogP contribution is -2.13. The van der Waals surface area contributed by atoms with E-state index in [4.69, 9.17) is 5.11 Å². The van der Waals surface area contributed by atoms with E-state index in [0.29, 0.717) is 4.47 Å². The fourth-order valence-corrected chi connectivity index (χ4v) is 1.50. The lowest BCUT2D eigenvalue weighted by atomic mass is 10.2. The number of nitrogens with one attached hydrogen (secondary N) is 1. The summed E-state index contributed by atoms with van der Waals surface area (Å²) in [4.78, 5) is 22.2. The van der Waals surface area contributed by atoms with Crippen LogP contribution in [0.4, 0.5) is 5.69 Å². The quantitative estimate of drug-likeness (QED) is 0.835. The number of carboxylic acid groups (broad SMARTS) is 1. The van der Waals surface area contributed by atoms with Gasteiger partial charge in [-0.25, -0.2) is 4.79 Å². The SMILES string of the molecule is C=CCC(=O)Nc1cc(Br)ccc1C(=O)O. The van der Waals surface area contributed by atoms with Crippen LogP contribution in [0.1, 0.15) is 16.8 Å². The van der Waals surface area contributed by atoms with Gasteiger partial charge in [0.05, 0.1) is 11.3 Å². The smallest absolute Gasteiger partial charge is 0.337 e. The van der Waals surface area contributed by atoms with Gasteiger partial charge < -0.3 is 10.4 Å². The third kappa shape index (κ3) is 3.20. The van der Waals surface area contributed by atoms with Crippen LogP contribution in [0, 0.1) is 0 Å². The molecule has 1 rings (SSSR count). The van der Waals surface area contributed by atoms with Crippen LogP contribution in [0.25, 0.3) is 0 Å². The molecule has 0 saturated heterocycles. The molecule has 0 unspecified atom stereocenters. The van der Waals surface area contributed by atoms with E-state index in [1.165, 1.54) is 12.1 Å². The predicted octanol–water partition coefficient (Wildman–Crippen LogP) is 2.66. The highest BCUT2D eigenvalue weighted by atomic mass is 79.9. The average Bonchev–Trinajstić information content (AvgIpc) is 2.17. The van der Waals surface area contributed by atoms with Crippen LogP contribution in [0.2, 0.25) is 0 Å². The van der Waals surface area contributed by atoms with Crippen molar-refractivity contribution in [2.75, 3.05) is 5.32 Å². The fraction of sp³-hybridized carbons (Fsp3) is 0.0909. The van der Waals surface area contributed by atoms with E-state index in [2.05, 4.69) is 27.8 Å². The van der Waals surface area contributed by atoms with E-state index in [1.807, 2.05) is 0 Å². The van der Waals surface area contributed by atoms with Gasteiger partial charge in [-0.1, -0.05) is 22.0 Å². The first-order chi connectivity index (χ1) is 7.54. The van der Waals surface area contributed by atoms with Gasteiger partial charge in [0, 0.05) is 10.9 Å². The molecule has 0 aromatic heterocycles. The molecule has 0 fully saturated rings. The molecule has 0 aliphatic carbocycles. The summed E-state index contributed by atoms with van der Waals surface area (Å²) in [5.41, 5.74) is 0.328. The zero-order chi connectivity index (χ0) is 12.1. The summed E-state index contributed by atoms with van der Waals surface area (Å²) < 4.78 is 0.700. The maximum Gasteiger partial charge on any atom is 0.337 e. The van der Waals surface area contributed by atoms with Gasteiger partial charge in [0.25, 0.3) is 0 Å². The molecule has 0 aliphatic rings. The van der Waals surface area contributed by atoms with Crippen LogP contribution >= 0.6 is 15.9 Å². The molecule has 84 valence electrons. The van der Waals surface area contributed by atoms with Crippen molar-refractivity contribution in [2.24, 2.45) is 0 Å². The van der Waals surface area contributed by atoms with E-state index >= 15 is 0 Å². The largest absolute Gasteiger partial charge is 0.478 e. The van der Waals surface area contributed by atoms with Crippen LogP contribution in [-0.4, -0.2) is 17.0 Å². The number of rotatable bonds is 4. The fourth-order valence-electron chi connectivity index (χ4n) is 1.14. The normalized spacial score (nSPS) is 9.56. The number of amides is 1. The second-order valence-electron chi connectivity index (χ2n) is 3.04. The Morgan fingerprint density at radius 1 is 1.50 bits per heavy atom. The van der Waals surface area contributed by atoms with Crippen molar-refractivity contribution < 1.29 is 14.7 Å². The van der Waals surface area contributed by atoms with Crippen molar-refractivity contribution in [3.63, 3.8) is 0 Å². The van der Waals surface area contributed by atoms with E-state index in [1.54, 1.807) is 12.1 Å². The number of hydrogen-bond acceptors (Lipinski definition) is 2. The second kappa shape index (κ2) is 5.46. The lowest BCUT2D eigenvalue weighted by molar-refractivity contribution is -0.115. The van der Waals surface area contributed by atoms with E-state index in [9.17, 15) is 9.59 Å². The van der Waals surface area contributed by atoms with E-state index < -0.39 is 5.97 Å². The number of benzene rings is 1.